The molecule has 0 fully saturated rings. The van der Waals surface area contributed by atoms with Crippen LogP contribution in [0.3, 0.4) is 0 Å². The Kier molecular flexibility index (Phi) is 4.73. The van der Waals surface area contributed by atoms with Crippen LogP contribution in [0.2, 0.25) is 0 Å². The first-order valence-electron chi connectivity index (χ1n) is 7.86. The Hall–Kier alpha value is -2.46. The molecule has 1 aromatic carbocycles. The van der Waals surface area contributed by atoms with Gasteiger partial charge in [0, 0.05) is 39.6 Å². The quantitative estimate of drug-likeness (QED) is 0.795. The van der Waals surface area contributed by atoms with Crippen LogP contribution < -0.4 is 0 Å². The Morgan fingerprint density at radius 1 is 1.15 bits per heavy atom. The van der Waals surface area contributed by atoms with Gasteiger partial charge in [-0.15, -0.1) is 0 Å². The van der Waals surface area contributed by atoms with Crippen LogP contribution in [0.15, 0.2) is 41.6 Å². The highest BCUT2D eigenvalue weighted by atomic mass is 32.2. The smallest absolute Gasteiger partial charge is 0.330 e. The van der Waals surface area contributed by atoms with Gasteiger partial charge in [0.1, 0.15) is 0 Å². The summed E-state index contributed by atoms with van der Waals surface area (Å²) in [6.45, 7) is 0.140. The van der Waals surface area contributed by atoms with Crippen molar-refractivity contribution in [3.8, 4) is 0 Å². The molecule has 0 N–H and O–H groups in total. The summed E-state index contributed by atoms with van der Waals surface area (Å²) in [7, 11) is -0.835. The molecule has 0 saturated heterocycles. The summed E-state index contributed by atoms with van der Waals surface area (Å²) in [6.07, 6.45) is -2.94. The maximum Gasteiger partial charge on any atom is 0.418 e. The number of alkyl halides is 3. The number of sulfonamides is 1. The predicted molar refractivity (Wildman–Crippen MR) is 90.1 cm³/mol. The molecule has 2 aromatic rings. The van der Waals surface area contributed by atoms with Crippen LogP contribution in [0.25, 0.3) is 0 Å². The number of fused-ring (bicyclic) bond motifs is 1. The highest BCUT2D eigenvalue weighted by molar-refractivity contribution is 7.89. The van der Waals surface area contributed by atoms with Gasteiger partial charge in [-0.3, -0.25) is 9.78 Å². The van der Waals surface area contributed by atoms with Crippen molar-refractivity contribution in [2.75, 3.05) is 14.1 Å². The Balaban J connectivity index is 1.91. The zero-order chi connectivity index (χ0) is 20.0. The first kappa shape index (κ1) is 19.3. The van der Waals surface area contributed by atoms with Crippen molar-refractivity contribution in [1.82, 2.24) is 14.2 Å². The fourth-order valence-corrected chi connectivity index (χ4v) is 3.82. The molecule has 1 aliphatic rings. The number of hydrogen-bond donors (Lipinski definition) is 0. The van der Waals surface area contributed by atoms with Crippen molar-refractivity contribution in [2.45, 2.75) is 24.2 Å². The number of rotatable bonds is 3. The van der Waals surface area contributed by atoms with Crippen LogP contribution in [0, 0.1) is 0 Å². The Labute approximate surface area is 154 Å². The maximum atomic E-state index is 13.1. The zero-order valence-electron chi connectivity index (χ0n) is 14.5. The average Bonchev–Trinajstić information content (AvgIpc) is 3.03. The number of nitrogens with zero attached hydrogens (tertiary/aromatic N) is 3. The summed E-state index contributed by atoms with van der Waals surface area (Å²) in [4.78, 5) is 17.4. The molecule has 3 rings (SSSR count). The van der Waals surface area contributed by atoms with Crippen LogP contribution in [-0.2, 0) is 29.3 Å². The van der Waals surface area contributed by atoms with Crippen LogP contribution in [0.5, 0.6) is 0 Å². The standard InChI is InChI=1S/C17H16F3N3O3S/c1-22(2)27(25,26)13-4-3-11-9-23(10-12(11)7-13)16(24)14-5-6-21-8-15(14)17(18,19)20/h3-8H,9-10H2,1-2H3. The van der Waals surface area contributed by atoms with Crippen LogP contribution in [0.4, 0.5) is 13.2 Å². The first-order valence-corrected chi connectivity index (χ1v) is 9.30. The Morgan fingerprint density at radius 2 is 1.81 bits per heavy atom. The lowest BCUT2D eigenvalue weighted by Gasteiger charge is -2.18. The highest BCUT2D eigenvalue weighted by Crippen LogP contribution is 2.33. The van der Waals surface area contributed by atoms with E-state index in [2.05, 4.69) is 4.98 Å². The number of halogens is 3. The number of carbonyl (C=O) groups is 1. The van der Waals surface area contributed by atoms with Crippen molar-refractivity contribution in [1.29, 1.82) is 0 Å². The Bertz CT molecular complexity index is 1000. The zero-order valence-corrected chi connectivity index (χ0v) is 15.3. The molecule has 0 atom stereocenters. The Morgan fingerprint density at radius 3 is 2.44 bits per heavy atom. The van der Waals surface area contributed by atoms with E-state index in [1.807, 2.05) is 0 Å². The van der Waals surface area contributed by atoms with Gasteiger partial charge in [-0.1, -0.05) is 6.07 Å². The summed E-state index contributed by atoms with van der Waals surface area (Å²) in [6, 6.07) is 5.50. The normalized spacial score (nSPS) is 14.5. The average molecular weight is 399 g/mol. The SMILES string of the molecule is CN(C)S(=O)(=O)c1ccc2c(c1)CN(C(=O)c1ccncc1C(F)(F)F)C2. The van der Waals surface area contributed by atoms with Crippen molar-refractivity contribution in [2.24, 2.45) is 0 Å². The lowest BCUT2D eigenvalue weighted by Crippen LogP contribution is -2.28. The van der Waals surface area contributed by atoms with Gasteiger partial charge in [0.2, 0.25) is 10.0 Å². The lowest BCUT2D eigenvalue weighted by atomic mass is 10.1. The second-order valence-corrected chi connectivity index (χ2v) is 8.45. The van der Waals surface area contributed by atoms with E-state index in [9.17, 15) is 26.4 Å². The van der Waals surface area contributed by atoms with Crippen LogP contribution >= 0.6 is 0 Å². The molecule has 0 spiro atoms. The number of amides is 1. The molecule has 6 nitrogen and oxygen atoms in total. The summed E-state index contributed by atoms with van der Waals surface area (Å²) in [5.41, 5.74) is -0.286. The third-order valence-corrected chi connectivity index (χ3v) is 6.13. The molecular weight excluding hydrogens is 383 g/mol. The monoisotopic (exact) mass is 399 g/mol. The summed E-state index contributed by atoms with van der Waals surface area (Å²) in [5.74, 6) is -0.780. The molecule has 0 unspecified atom stereocenters. The molecule has 0 radical (unpaired) electrons. The number of aromatic nitrogens is 1. The maximum absolute atomic E-state index is 13.1. The van der Waals surface area contributed by atoms with Gasteiger partial charge >= 0.3 is 6.18 Å². The van der Waals surface area contributed by atoms with Gasteiger partial charge in [-0.05, 0) is 29.3 Å². The van der Waals surface area contributed by atoms with Crippen LogP contribution in [-0.4, -0.2) is 42.6 Å². The predicted octanol–water partition coefficient (Wildman–Crippen LogP) is 2.51. The molecule has 0 saturated carbocycles. The molecule has 2 heterocycles. The van der Waals surface area contributed by atoms with Crippen molar-refractivity contribution in [3.05, 3.63) is 58.9 Å². The minimum absolute atomic E-state index is 0.0323. The first-order chi connectivity index (χ1) is 12.5. The van der Waals surface area contributed by atoms with Crippen molar-refractivity contribution >= 4 is 15.9 Å². The number of pyridine rings is 1. The molecule has 1 amide bonds. The summed E-state index contributed by atoms with van der Waals surface area (Å²) < 4.78 is 65.0. The lowest BCUT2D eigenvalue weighted by molar-refractivity contribution is -0.138. The molecule has 144 valence electrons. The van der Waals surface area contributed by atoms with Gasteiger partial charge in [-0.25, -0.2) is 12.7 Å². The summed E-state index contributed by atoms with van der Waals surface area (Å²) >= 11 is 0. The second kappa shape index (κ2) is 6.61. The largest absolute Gasteiger partial charge is 0.418 e. The minimum Gasteiger partial charge on any atom is -0.330 e. The number of hydrogen-bond acceptors (Lipinski definition) is 4. The van der Waals surface area contributed by atoms with Crippen molar-refractivity contribution < 1.29 is 26.4 Å². The molecular formula is C17H16F3N3O3S. The minimum atomic E-state index is -4.70. The van der Waals surface area contributed by atoms with E-state index in [4.69, 9.17) is 0 Å². The molecule has 0 aliphatic carbocycles. The van der Waals surface area contributed by atoms with E-state index >= 15 is 0 Å². The van der Waals surface area contributed by atoms with Crippen molar-refractivity contribution in [3.63, 3.8) is 0 Å². The fraction of sp³-hybridized carbons (Fsp3) is 0.294. The van der Waals surface area contributed by atoms with Gasteiger partial charge in [0.05, 0.1) is 16.0 Å². The summed E-state index contributed by atoms with van der Waals surface area (Å²) in [5, 5.41) is 0. The third-order valence-electron chi connectivity index (χ3n) is 4.32. The van der Waals surface area contributed by atoms with E-state index in [-0.39, 0.29) is 18.0 Å². The van der Waals surface area contributed by atoms with Gasteiger partial charge in [0.25, 0.3) is 5.91 Å². The topological polar surface area (TPSA) is 70.6 Å². The van der Waals surface area contributed by atoms with Gasteiger partial charge in [0.15, 0.2) is 0 Å². The molecule has 1 aromatic heterocycles. The van der Waals surface area contributed by atoms with E-state index in [0.717, 1.165) is 16.6 Å². The molecule has 10 heteroatoms. The van der Waals surface area contributed by atoms with Crippen LogP contribution in [0.1, 0.15) is 27.0 Å². The third kappa shape index (κ3) is 3.54. The second-order valence-electron chi connectivity index (χ2n) is 6.30. The van der Waals surface area contributed by atoms with E-state index in [1.54, 1.807) is 6.07 Å². The van der Waals surface area contributed by atoms with Gasteiger partial charge < -0.3 is 4.90 Å². The number of benzene rings is 1. The highest BCUT2D eigenvalue weighted by Gasteiger charge is 2.37. The van der Waals surface area contributed by atoms with E-state index in [1.165, 1.54) is 31.1 Å². The molecule has 1 aliphatic heterocycles. The number of carbonyl (C=O) groups excluding carboxylic acids is 1. The molecule has 27 heavy (non-hydrogen) atoms. The fourth-order valence-electron chi connectivity index (χ4n) is 2.86. The molecule has 0 bridgehead atoms. The van der Waals surface area contributed by atoms with Gasteiger partial charge in [-0.2, -0.15) is 13.2 Å². The van der Waals surface area contributed by atoms with E-state index in [0.29, 0.717) is 17.3 Å². The van der Waals surface area contributed by atoms with E-state index < -0.39 is 33.2 Å².